The Hall–Kier alpha value is -2.41. The Balaban J connectivity index is 2.33. The van der Waals surface area contributed by atoms with Gasteiger partial charge in [-0.15, -0.1) is 0 Å². The maximum Gasteiger partial charge on any atom is 0.335 e. The van der Waals surface area contributed by atoms with E-state index in [2.05, 4.69) is 4.72 Å². The summed E-state index contributed by atoms with van der Waals surface area (Å²) in [4.78, 5) is 10.6. The Morgan fingerprint density at radius 1 is 1.10 bits per heavy atom. The van der Waals surface area contributed by atoms with Crippen molar-refractivity contribution in [2.24, 2.45) is 0 Å². The number of hydrogen-bond donors (Lipinski definition) is 2. The molecule has 0 amide bonds. The van der Waals surface area contributed by atoms with Crippen LogP contribution in [0.3, 0.4) is 0 Å². The van der Waals surface area contributed by atoms with E-state index >= 15 is 0 Å². The molecular weight excluding hydrogens is 285 g/mol. The van der Waals surface area contributed by atoms with Crippen LogP contribution in [0.1, 0.15) is 10.4 Å². The predicted octanol–water partition coefficient (Wildman–Crippen LogP) is 2.32. The lowest BCUT2D eigenvalue weighted by Crippen LogP contribution is -2.13. The highest BCUT2D eigenvalue weighted by Crippen LogP contribution is 2.17. The van der Waals surface area contributed by atoms with Crippen LogP contribution in [0.15, 0.2) is 53.4 Å². The van der Waals surface area contributed by atoms with E-state index < -0.39 is 21.8 Å². The van der Waals surface area contributed by atoms with Crippen molar-refractivity contribution in [2.45, 2.75) is 4.90 Å². The molecule has 0 saturated carbocycles. The number of sulfonamides is 1. The number of carbonyl (C=O) groups is 1. The van der Waals surface area contributed by atoms with Crippen LogP contribution in [-0.2, 0) is 10.0 Å². The maximum absolute atomic E-state index is 12.7. The van der Waals surface area contributed by atoms with Crippen LogP contribution in [-0.4, -0.2) is 19.5 Å². The van der Waals surface area contributed by atoms with Crippen LogP contribution in [0.2, 0.25) is 0 Å². The molecule has 2 aromatic carbocycles. The van der Waals surface area contributed by atoms with Gasteiger partial charge in [0, 0.05) is 5.69 Å². The first kappa shape index (κ1) is 14.0. The van der Waals surface area contributed by atoms with E-state index in [4.69, 9.17) is 5.11 Å². The first-order valence-corrected chi connectivity index (χ1v) is 6.98. The Labute approximate surface area is 114 Å². The van der Waals surface area contributed by atoms with Crippen LogP contribution in [0.25, 0.3) is 0 Å². The number of nitrogens with one attached hydrogen (secondary N) is 1. The smallest absolute Gasteiger partial charge is 0.335 e. The Morgan fingerprint density at radius 2 is 1.75 bits per heavy atom. The lowest BCUT2D eigenvalue weighted by molar-refractivity contribution is 0.0696. The van der Waals surface area contributed by atoms with Gasteiger partial charge in [-0.25, -0.2) is 17.6 Å². The number of halogens is 1. The SMILES string of the molecule is O=C(O)c1cccc(S(=O)(=O)Nc2ccc(F)cc2)c1. The second-order valence-corrected chi connectivity index (χ2v) is 5.63. The molecule has 7 heteroatoms. The summed E-state index contributed by atoms with van der Waals surface area (Å²) in [5.41, 5.74) is 0.0547. The monoisotopic (exact) mass is 295 g/mol. The van der Waals surface area contributed by atoms with Crippen LogP contribution in [0, 0.1) is 5.82 Å². The molecule has 20 heavy (non-hydrogen) atoms. The zero-order chi connectivity index (χ0) is 14.8. The van der Waals surface area contributed by atoms with Gasteiger partial charge in [-0.3, -0.25) is 4.72 Å². The molecule has 0 unspecified atom stereocenters. The average Bonchev–Trinajstić information content (AvgIpc) is 2.41. The molecule has 0 aliphatic rings. The molecule has 0 radical (unpaired) electrons. The fraction of sp³-hybridized carbons (Fsp3) is 0. The first-order valence-electron chi connectivity index (χ1n) is 5.50. The van der Waals surface area contributed by atoms with E-state index in [1.165, 1.54) is 30.3 Å². The standard InChI is InChI=1S/C13H10FNO4S/c14-10-4-6-11(7-5-10)15-20(18,19)12-3-1-2-9(8-12)13(16)17/h1-8,15H,(H,16,17). The normalized spacial score (nSPS) is 11.1. The topological polar surface area (TPSA) is 83.5 Å². The second-order valence-electron chi connectivity index (χ2n) is 3.95. The molecule has 2 N–H and O–H groups in total. The molecule has 0 spiro atoms. The average molecular weight is 295 g/mol. The summed E-state index contributed by atoms with van der Waals surface area (Å²) >= 11 is 0. The molecular formula is C13H10FNO4S. The summed E-state index contributed by atoms with van der Waals surface area (Å²) in [6.45, 7) is 0. The van der Waals surface area contributed by atoms with E-state index in [-0.39, 0.29) is 16.1 Å². The number of hydrogen-bond acceptors (Lipinski definition) is 3. The molecule has 0 heterocycles. The van der Waals surface area contributed by atoms with E-state index in [0.717, 1.165) is 18.2 Å². The van der Waals surface area contributed by atoms with Gasteiger partial charge in [0.15, 0.2) is 0 Å². The van der Waals surface area contributed by atoms with Gasteiger partial charge in [0.05, 0.1) is 10.5 Å². The molecule has 2 rings (SSSR count). The van der Waals surface area contributed by atoms with Gasteiger partial charge < -0.3 is 5.11 Å². The molecule has 2 aromatic rings. The lowest BCUT2D eigenvalue weighted by atomic mass is 10.2. The van der Waals surface area contributed by atoms with E-state index in [1.807, 2.05) is 0 Å². The minimum atomic E-state index is -3.92. The van der Waals surface area contributed by atoms with Gasteiger partial charge in [-0.05, 0) is 42.5 Å². The van der Waals surface area contributed by atoms with Crippen LogP contribution < -0.4 is 4.72 Å². The number of aromatic carboxylic acids is 1. The number of rotatable bonds is 4. The van der Waals surface area contributed by atoms with Crippen LogP contribution in [0.5, 0.6) is 0 Å². The third kappa shape index (κ3) is 3.12. The van der Waals surface area contributed by atoms with Gasteiger partial charge in [-0.1, -0.05) is 6.07 Å². The quantitative estimate of drug-likeness (QED) is 0.906. The molecule has 0 fully saturated rings. The van der Waals surface area contributed by atoms with Crippen molar-refractivity contribution in [2.75, 3.05) is 4.72 Å². The van der Waals surface area contributed by atoms with Crippen molar-refractivity contribution >= 4 is 21.7 Å². The summed E-state index contributed by atoms with van der Waals surface area (Å²) in [6, 6.07) is 9.73. The molecule has 0 atom stereocenters. The van der Waals surface area contributed by atoms with Crippen LogP contribution >= 0.6 is 0 Å². The third-order valence-corrected chi connectivity index (χ3v) is 3.87. The van der Waals surface area contributed by atoms with Gasteiger partial charge >= 0.3 is 5.97 Å². The highest BCUT2D eigenvalue weighted by atomic mass is 32.2. The lowest BCUT2D eigenvalue weighted by Gasteiger charge is -2.08. The van der Waals surface area contributed by atoms with Crippen molar-refractivity contribution in [3.05, 3.63) is 59.9 Å². The predicted molar refractivity (Wildman–Crippen MR) is 70.6 cm³/mol. The van der Waals surface area contributed by atoms with Crippen molar-refractivity contribution < 1.29 is 22.7 Å². The van der Waals surface area contributed by atoms with Crippen molar-refractivity contribution in [1.82, 2.24) is 0 Å². The maximum atomic E-state index is 12.7. The summed E-state index contributed by atoms with van der Waals surface area (Å²) in [5.74, 6) is -1.70. The van der Waals surface area contributed by atoms with Gasteiger partial charge in [-0.2, -0.15) is 0 Å². The molecule has 0 saturated heterocycles. The highest BCUT2D eigenvalue weighted by Gasteiger charge is 2.16. The largest absolute Gasteiger partial charge is 0.478 e. The third-order valence-electron chi connectivity index (χ3n) is 2.49. The molecule has 104 valence electrons. The van der Waals surface area contributed by atoms with Crippen molar-refractivity contribution in [1.29, 1.82) is 0 Å². The number of anilines is 1. The molecule has 0 aliphatic carbocycles. The van der Waals surface area contributed by atoms with Gasteiger partial charge in [0.1, 0.15) is 5.82 Å². The number of carboxylic acids is 1. The van der Waals surface area contributed by atoms with E-state index in [1.54, 1.807) is 0 Å². The fourth-order valence-corrected chi connectivity index (χ4v) is 2.63. The van der Waals surface area contributed by atoms with E-state index in [9.17, 15) is 17.6 Å². The Bertz CT molecular complexity index is 741. The molecule has 0 aliphatic heterocycles. The minimum absolute atomic E-state index is 0.132. The zero-order valence-corrected chi connectivity index (χ0v) is 10.9. The second kappa shape index (κ2) is 5.30. The summed E-state index contributed by atoms with van der Waals surface area (Å²) in [6.07, 6.45) is 0. The Morgan fingerprint density at radius 3 is 2.35 bits per heavy atom. The Kier molecular flexibility index (Phi) is 3.71. The minimum Gasteiger partial charge on any atom is -0.478 e. The summed E-state index contributed by atoms with van der Waals surface area (Å²) in [7, 11) is -3.92. The zero-order valence-electron chi connectivity index (χ0n) is 10.1. The number of carboxylic acid groups (broad SMARTS) is 1. The fourth-order valence-electron chi connectivity index (χ4n) is 1.53. The molecule has 0 bridgehead atoms. The van der Waals surface area contributed by atoms with Gasteiger partial charge in [0.25, 0.3) is 10.0 Å². The summed E-state index contributed by atoms with van der Waals surface area (Å²) in [5, 5.41) is 8.84. The first-order chi connectivity index (χ1) is 9.38. The molecule has 5 nitrogen and oxygen atoms in total. The highest BCUT2D eigenvalue weighted by molar-refractivity contribution is 7.92. The number of benzene rings is 2. The van der Waals surface area contributed by atoms with Crippen molar-refractivity contribution in [3.8, 4) is 0 Å². The van der Waals surface area contributed by atoms with E-state index in [0.29, 0.717) is 0 Å². The van der Waals surface area contributed by atoms with Crippen molar-refractivity contribution in [3.63, 3.8) is 0 Å². The summed E-state index contributed by atoms with van der Waals surface area (Å²) < 4.78 is 39.1. The van der Waals surface area contributed by atoms with Gasteiger partial charge in [0.2, 0.25) is 0 Å². The molecule has 0 aromatic heterocycles. The van der Waals surface area contributed by atoms with Crippen LogP contribution in [0.4, 0.5) is 10.1 Å².